The van der Waals surface area contributed by atoms with E-state index in [-0.39, 0.29) is 0 Å². The van der Waals surface area contributed by atoms with Gasteiger partial charge in [0.2, 0.25) is 0 Å². The van der Waals surface area contributed by atoms with E-state index in [1.807, 2.05) is 36.4 Å². The molecule has 0 amide bonds. The zero-order chi connectivity index (χ0) is 13.5. The molecule has 1 N–H and O–H groups in total. The highest BCUT2D eigenvalue weighted by Gasteiger charge is 1.98. The van der Waals surface area contributed by atoms with Crippen LogP contribution in [0.15, 0.2) is 42.6 Å². The minimum absolute atomic E-state index is 0.445. The van der Waals surface area contributed by atoms with Gasteiger partial charge < -0.3 is 10.1 Å². The summed E-state index contributed by atoms with van der Waals surface area (Å²) in [6.07, 6.45) is 1.65. The summed E-state index contributed by atoms with van der Waals surface area (Å²) in [6.45, 7) is 1.45. The van der Waals surface area contributed by atoms with E-state index < -0.39 is 0 Å². The van der Waals surface area contributed by atoms with Gasteiger partial charge in [-0.05, 0) is 35.4 Å². The molecular formula is C15H15N3O. The molecule has 0 unspecified atom stereocenters. The van der Waals surface area contributed by atoms with Gasteiger partial charge in [0.15, 0.2) is 0 Å². The number of nitrogens with zero attached hydrogens (tertiary/aromatic N) is 2. The van der Waals surface area contributed by atoms with E-state index in [0.717, 1.165) is 23.4 Å². The first kappa shape index (κ1) is 13.1. The van der Waals surface area contributed by atoms with E-state index in [4.69, 9.17) is 10.00 Å². The van der Waals surface area contributed by atoms with Gasteiger partial charge in [-0.15, -0.1) is 0 Å². The smallest absolute Gasteiger partial charge is 0.140 e. The lowest BCUT2D eigenvalue weighted by Crippen LogP contribution is -2.12. The third-order valence-electron chi connectivity index (χ3n) is 2.73. The summed E-state index contributed by atoms with van der Waals surface area (Å²) in [7, 11) is 1.66. The highest BCUT2D eigenvalue weighted by Crippen LogP contribution is 2.12. The van der Waals surface area contributed by atoms with Crippen molar-refractivity contribution in [2.75, 3.05) is 7.11 Å². The van der Waals surface area contributed by atoms with Crippen LogP contribution in [0.3, 0.4) is 0 Å². The molecule has 1 aromatic carbocycles. The van der Waals surface area contributed by atoms with Crippen molar-refractivity contribution in [2.45, 2.75) is 13.1 Å². The zero-order valence-electron chi connectivity index (χ0n) is 10.8. The summed E-state index contributed by atoms with van der Waals surface area (Å²) in [5, 5.41) is 12.1. The maximum atomic E-state index is 8.78. The molecule has 4 heteroatoms. The standard InChI is InChI=1S/C15H15N3O/c1-19-15-4-2-3-12(8-15)10-17-11-13-5-6-18-14(7-13)9-16/h2-8,17H,10-11H2,1H3. The number of nitriles is 1. The van der Waals surface area contributed by atoms with Crippen molar-refractivity contribution in [3.63, 3.8) is 0 Å². The van der Waals surface area contributed by atoms with Gasteiger partial charge in [0.25, 0.3) is 0 Å². The second-order valence-electron chi connectivity index (χ2n) is 4.12. The summed E-state index contributed by atoms with van der Waals surface area (Å²) in [4.78, 5) is 3.94. The molecule has 0 saturated carbocycles. The first-order valence-electron chi connectivity index (χ1n) is 6.00. The van der Waals surface area contributed by atoms with Crippen molar-refractivity contribution in [1.82, 2.24) is 10.3 Å². The summed E-state index contributed by atoms with van der Waals surface area (Å²) >= 11 is 0. The highest BCUT2D eigenvalue weighted by molar-refractivity contribution is 5.28. The number of aromatic nitrogens is 1. The molecule has 0 aliphatic rings. The largest absolute Gasteiger partial charge is 0.497 e. The molecule has 96 valence electrons. The first-order chi connectivity index (χ1) is 9.31. The van der Waals surface area contributed by atoms with Crippen molar-refractivity contribution in [3.05, 3.63) is 59.4 Å². The number of hydrogen-bond donors (Lipinski definition) is 1. The normalized spacial score (nSPS) is 9.89. The zero-order valence-corrected chi connectivity index (χ0v) is 10.8. The molecule has 0 aliphatic carbocycles. The first-order valence-corrected chi connectivity index (χ1v) is 6.00. The summed E-state index contributed by atoms with van der Waals surface area (Å²) < 4.78 is 5.18. The molecule has 0 fully saturated rings. The van der Waals surface area contributed by atoms with Crippen LogP contribution in [0.25, 0.3) is 0 Å². The van der Waals surface area contributed by atoms with Gasteiger partial charge in [-0.25, -0.2) is 4.98 Å². The van der Waals surface area contributed by atoms with Crippen molar-refractivity contribution in [2.24, 2.45) is 0 Å². The molecule has 0 atom stereocenters. The quantitative estimate of drug-likeness (QED) is 0.888. The van der Waals surface area contributed by atoms with Gasteiger partial charge >= 0.3 is 0 Å². The van der Waals surface area contributed by atoms with Crippen LogP contribution in [0.1, 0.15) is 16.8 Å². The van der Waals surface area contributed by atoms with E-state index >= 15 is 0 Å². The van der Waals surface area contributed by atoms with E-state index in [9.17, 15) is 0 Å². The molecule has 0 radical (unpaired) electrons. The Morgan fingerprint density at radius 3 is 2.74 bits per heavy atom. The third-order valence-corrected chi connectivity index (χ3v) is 2.73. The van der Waals surface area contributed by atoms with Crippen LogP contribution < -0.4 is 10.1 Å². The Bertz CT molecular complexity index is 590. The Morgan fingerprint density at radius 1 is 1.21 bits per heavy atom. The van der Waals surface area contributed by atoms with Crippen LogP contribution in [0.2, 0.25) is 0 Å². The Morgan fingerprint density at radius 2 is 2.00 bits per heavy atom. The van der Waals surface area contributed by atoms with Crippen molar-refractivity contribution < 1.29 is 4.74 Å². The Kier molecular flexibility index (Phi) is 4.49. The number of nitrogens with one attached hydrogen (secondary N) is 1. The average molecular weight is 253 g/mol. The molecule has 0 bridgehead atoms. The minimum Gasteiger partial charge on any atom is -0.497 e. The van der Waals surface area contributed by atoms with Crippen molar-refractivity contribution in [3.8, 4) is 11.8 Å². The Balaban J connectivity index is 1.90. The molecular weight excluding hydrogens is 238 g/mol. The number of methoxy groups -OCH3 is 1. The summed E-state index contributed by atoms with van der Waals surface area (Å²) in [5.74, 6) is 0.856. The second kappa shape index (κ2) is 6.53. The van der Waals surface area contributed by atoms with Crippen LogP contribution in [-0.2, 0) is 13.1 Å². The van der Waals surface area contributed by atoms with E-state index in [2.05, 4.69) is 10.3 Å². The van der Waals surface area contributed by atoms with Gasteiger partial charge in [-0.1, -0.05) is 12.1 Å². The van der Waals surface area contributed by atoms with E-state index in [0.29, 0.717) is 12.2 Å². The van der Waals surface area contributed by atoms with Crippen LogP contribution in [-0.4, -0.2) is 12.1 Å². The van der Waals surface area contributed by atoms with Crippen LogP contribution >= 0.6 is 0 Å². The molecule has 2 aromatic rings. The predicted octanol–water partition coefficient (Wildman–Crippen LogP) is 2.25. The molecule has 0 spiro atoms. The number of pyridine rings is 1. The van der Waals surface area contributed by atoms with Crippen molar-refractivity contribution in [1.29, 1.82) is 5.26 Å². The maximum absolute atomic E-state index is 8.78. The lowest BCUT2D eigenvalue weighted by molar-refractivity contribution is 0.414. The Hall–Kier alpha value is -2.38. The van der Waals surface area contributed by atoms with Crippen LogP contribution in [0, 0.1) is 11.3 Å². The monoisotopic (exact) mass is 253 g/mol. The average Bonchev–Trinajstić information content (AvgIpc) is 2.48. The predicted molar refractivity (Wildman–Crippen MR) is 72.5 cm³/mol. The molecule has 0 aliphatic heterocycles. The van der Waals surface area contributed by atoms with Gasteiger partial charge in [-0.2, -0.15) is 5.26 Å². The molecule has 2 rings (SSSR count). The summed E-state index contributed by atoms with van der Waals surface area (Å²) in [5.41, 5.74) is 2.66. The lowest BCUT2D eigenvalue weighted by atomic mass is 10.2. The van der Waals surface area contributed by atoms with Gasteiger partial charge in [0.05, 0.1) is 7.11 Å². The molecule has 4 nitrogen and oxygen atoms in total. The number of rotatable bonds is 5. The minimum atomic E-state index is 0.445. The fourth-order valence-corrected chi connectivity index (χ4v) is 1.78. The van der Waals surface area contributed by atoms with Gasteiger partial charge in [-0.3, -0.25) is 0 Å². The number of benzene rings is 1. The lowest BCUT2D eigenvalue weighted by Gasteiger charge is -2.07. The number of hydrogen-bond acceptors (Lipinski definition) is 4. The Labute approximate surface area is 112 Å². The van der Waals surface area contributed by atoms with Gasteiger partial charge in [0, 0.05) is 19.3 Å². The summed E-state index contributed by atoms with van der Waals surface area (Å²) in [6, 6.07) is 13.7. The fraction of sp³-hybridized carbons (Fsp3) is 0.200. The van der Waals surface area contributed by atoms with Crippen LogP contribution in [0.5, 0.6) is 5.75 Å². The number of ether oxygens (including phenoxy) is 1. The fourth-order valence-electron chi connectivity index (χ4n) is 1.78. The van der Waals surface area contributed by atoms with Gasteiger partial charge in [0.1, 0.15) is 17.5 Å². The topological polar surface area (TPSA) is 57.9 Å². The molecule has 19 heavy (non-hydrogen) atoms. The third kappa shape index (κ3) is 3.80. The molecule has 1 aromatic heterocycles. The molecule has 0 saturated heterocycles. The van der Waals surface area contributed by atoms with Crippen molar-refractivity contribution >= 4 is 0 Å². The second-order valence-corrected chi connectivity index (χ2v) is 4.12. The van der Waals surface area contributed by atoms with E-state index in [1.54, 1.807) is 19.4 Å². The SMILES string of the molecule is COc1cccc(CNCc2ccnc(C#N)c2)c1. The van der Waals surface area contributed by atoms with Crippen LogP contribution in [0.4, 0.5) is 0 Å². The highest BCUT2D eigenvalue weighted by atomic mass is 16.5. The van der Waals surface area contributed by atoms with E-state index in [1.165, 1.54) is 0 Å². The molecule has 1 heterocycles. The maximum Gasteiger partial charge on any atom is 0.140 e.